The zero-order valence-electron chi connectivity index (χ0n) is 13.6. The average molecular weight is 298 g/mol. The summed E-state index contributed by atoms with van der Waals surface area (Å²) in [6.45, 7) is 5.99. The Labute approximate surface area is 133 Å². The van der Waals surface area contributed by atoms with E-state index in [-0.39, 0.29) is 0 Å². The van der Waals surface area contributed by atoms with Crippen molar-refractivity contribution in [3.63, 3.8) is 0 Å². The summed E-state index contributed by atoms with van der Waals surface area (Å²) < 4.78 is 0. The molecule has 2 rings (SSSR count). The van der Waals surface area contributed by atoms with Gasteiger partial charge in [-0.15, -0.1) is 0 Å². The van der Waals surface area contributed by atoms with Crippen molar-refractivity contribution >= 4 is 11.6 Å². The molecule has 22 heavy (non-hydrogen) atoms. The third kappa shape index (κ3) is 5.72. The van der Waals surface area contributed by atoms with Gasteiger partial charge in [0, 0.05) is 19.2 Å². The van der Waals surface area contributed by atoms with Crippen molar-refractivity contribution < 1.29 is 0 Å². The number of nitrogens with one attached hydrogen (secondary N) is 2. The molecule has 4 nitrogen and oxygen atoms in total. The molecular formula is C18H26N4. The lowest BCUT2D eigenvalue weighted by Gasteiger charge is -2.10. The Morgan fingerprint density at radius 1 is 0.909 bits per heavy atom. The van der Waals surface area contributed by atoms with E-state index in [1.54, 1.807) is 0 Å². The van der Waals surface area contributed by atoms with Crippen LogP contribution in [0.5, 0.6) is 0 Å². The quantitative estimate of drug-likeness (QED) is 0.686. The molecule has 0 amide bonds. The number of unbranched alkanes of at least 4 members (excludes halogenated alkanes) is 1. The number of aromatic nitrogens is 2. The van der Waals surface area contributed by atoms with Crippen LogP contribution in [0.15, 0.2) is 36.4 Å². The highest BCUT2D eigenvalue weighted by molar-refractivity contribution is 5.47. The zero-order valence-corrected chi connectivity index (χ0v) is 13.6. The summed E-state index contributed by atoms with van der Waals surface area (Å²) in [4.78, 5) is 8.86. The molecule has 0 spiro atoms. The van der Waals surface area contributed by atoms with Crippen molar-refractivity contribution in [2.45, 2.75) is 39.5 Å². The highest BCUT2D eigenvalue weighted by atomic mass is 15.1. The van der Waals surface area contributed by atoms with Crippen LogP contribution < -0.4 is 10.6 Å². The smallest absolute Gasteiger partial charge is 0.131 e. The highest BCUT2D eigenvalue weighted by Gasteiger charge is 2.01. The predicted molar refractivity (Wildman–Crippen MR) is 93.4 cm³/mol. The van der Waals surface area contributed by atoms with E-state index >= 15 is 0 Å². The van der Waals surface area contributed by atoms with Crippen LogP contribution in [0.3, 0.4) is 0 Å². The second-order valence-electron chi connectivity index (χ2n) is 5.48. The number of nitrogens with zero attached hydrogens (tertiary/aromatic N) is 2. The third-order valence-electron chi connectivity index (χ3n) is 3.47. The van der Waals surface area contributed by atoms with E-state index in [1.165, 1.54) is 12.0 Å². The monoisotopic (exact) mass is 298 g/mol. The lowest BCUT2D eigenvalue weighted by atomic mass is 10.1. The number of aryl methyl sites for hydroxylation is 2. The van der Waals surface area contributed by atoms with Gasteiger partial charge in [-0.05, 0) is 31.7 Å². The van der Waals surface area contributed by atoms with Gasteiger partial charge in [-0.2, -0.15) is 0 Å². The maximum atomic E-state index is 4.44. The van der Waals surface area contributed by atoms with Gasteiger partial charge in [0.1, 0.15) is 17.5 Å². The van der Waals surface area contributed by atoms with E-state index in [0.29, 0.717) is 0 Å². The van der Waals surface area contributed by atoms with Crippen LogP contribution in [0.25, 0.3) is 0 Å². The lowest BCUT2D eigenvalue weighted by Crippen LogP contribution is -2.09. The Morgan fingerprint density at radius 2 is 1.55 bits per heavy atom. The second kappa shape index (κ2) is 9.03. The maximum absolute atomic E-state index is 4.44. The minimum absolute atomic E-state index is 0.798. The van der Waals surface area contributed by atoms with Crippen LogP contribution >= 0.6 is 0 Å². The van der Waals surface area contributed by atoms with Gasteiger partial charge in [0.15, 0.2) is 0 Å². The molecule has 118 valence electrons. The molecule has 0 saturated heterocycles. The molecular weight excluding hydrogens is 272 g/mol. The molecule has 0 bridgehead atoms. The summed E-state index contributed by atoms with van der Waals surface area (Å²) in [6.07, 6.45) is 4.51. The van der Waals surface area contributed by atoms with Gasteiger partial charge in [-0.1, -0.05) is 43.7 Å². The van der Waals surface area contributed by atoms with Crippen molar-refractivity contribution in [2.75, 3.05) is 23.7 Å². The van der Waals surface area contributed by atoms with Crippen LogP contribution in [0.4, 0.5) is 11.6 Å². The van der Waals surface area contributed by atoms with E-state index < -0.39 is 0 Å². The van der Waals surface area contributed by atoms with Crippen molar-refractivity contribution in [2.24, 2.45) is 0 Å². The minimum Gasteiger partial charge on any atom is -0.370 e. The molecule has 0 radical (unpaired) electrons. The first-order valence-electron chi connectivity index (χ1n) is 8.15. The number of benzene rings is 1. The van der Waals surface area contributed by atoms with Crippen LogP contribution in [-0.4, -0.2) is 23.1 Å². The third-order valence-corrected chi connectivity index (χ3v) is 3.47. The number of rotatable bonds is 9. The molecule has 0 fully saturated rings. The summed E-state index contributed by atoms with van der Waals surface area (Å²) in [5.74, 6) is 2.61. The first-order valence-corrected chi connectivity index (χ1v) is 8.15. The molecule has 1 aromatic carbocycles. The summed E-state index contributed by atoms with van der Waals surface area (Å²) in [6, 6.07) is 12.6. The van der Waals surface area contributed by atoms with E-state index in [9.17, 15) is 0 Å². The number of anilines is 2. The van der Waals surface area contributed by atoms with Crippen molar-refractivity contribution in [1.82, 2.24) is 9.97 Å². The Morgan fingerprint density at radius 3 is 2.18 bits per heavy atom. The van der Waals surface area contributed by atoms with Crippen molar-refractivity contribution in [3.05, 3.63) is 47.8 Å². The van der Waals surface area contributed by atoms with Crippen LogP contribution in [0.1, 0.15) is 37.6 Å². The maximum Gasteiger partial charge on any atom is 0.131 e. The average Bonchev–Trinajstić information content (AvgIpc) is 2.52. The molecule has 0 aliphatic rings. The van der Waals surface area contributed by atoms with Gasteiger partial charge >= 0.3 is 0 Å². The van der Waals surface area contributed by atoms with Gasteiger partial charge < -0.3 is 10.6 Å². The van der Waals surface area contributed by atoms with Crippen LogP contribution in [0, 0.1) is 6.92 Å². The molecule has 0 aliphatic carbocycles. The molecule has 2 aromatic rings. The Balaban J connectivity index is 1.79. The van der Waals surface area contributed by atoms with E-state index in [2.05, 4.69) is 57.9 Å². The molecule has 0 atom stereocenters. The summed E-state index contributed by atoms with van der Waals surface area (Å²) in [5, 5.41) is 6.75. The van der Waals surface area contributed by atoms with Crippen molar-refractivity contribution in [3.8, 4) is 0 Å². The fraction of sp³-hybridized carbons (Fsp3) is 0.444. The van der Waals surface area contributed by atoms with Crippen molar-refractivity contribution in [1.29, 1.82) is 0 Å². The summed E-state index contributed by atoms with van der Waals surface area (Å²) >= 11 is 0. The standard InChI is InChI=1S/C18H26N4/c1-3-4-12-19-17-14-18(22-15(2)21-17)20-13-8-11-16-9-6-5-7-10-16/h5-7,9-10,14H,3-4,8,11-13H2,1-2H3,(H2,19,20,21,22). The van der Waals surface area contributed by atoms with Gasteiger partial charge in [-0.3, -0.25) is 0 Å². The lowest BCUT2D eigenvalue weighted by molar-refractivity contribution is 0.828. The van der Waals surface area contributed by atoms with Crippen LogP contribution in [0.2, 0.25) is 0 Å². The largest absolute Gasteiger partial charge is 0.370 e. The summed E-state index contributed by atoms with van der Waals surface area (Å²) in [7, 11) is 0. The SMILES string of the molecule is CCCCNc1cc(NCCCc2ccccc2)nc(C)n1. The van der Waals surface area contributed by atoms with Gasteiger partial charge in [-0.25, -0.2) is 9.97 Å². The molecule has 0 aliphatic heterocycles. The Hall–Kier alpha value is -2.10. The zero-order chi connectivity index (χ0) is 15.6. The topological polar surface area (TPSA) is 49.8 Å². The molecule has 0 saturated carbocycles. The predicted octanol–water partition coefficient (Wildman–Crippen LogP) is 4.04. The molecule has 2 N–H and O–H groups in total. The molecule has 1 heterocycles. The fourth-order valence-electron chi connectivity index (χ4n) is 2.30. The minimum atomic E-state index is 0.798. The number of hydrogen-bond donors (Lipinski definition) is 2. The first-order chi connectivity index (χ1) is 10.8. The van der Waals surface area contributed by atoms with E-state index in [1.807, 2.05) is 13.0 Å². The second-order valence-corrected chi connectivity index (χ2v) is 5.48. The summed E-state index contributed by atoms with van der Waals surface area (Å²) in [5.41, 5.74) is 1.38. The molecule has 0 unspecified atom stereocenters. The fourth-order valence-corrected chi connectivity index (χ4v) is 2.30. The van der Waals surface area contributed by atoms with Gasteiger partial charge in [0.25, 0.3) is 0 Å². The van der Waals surface area contributed by atoms with E-state index in [4.69, 9.17) is 0 Å². The highest BCUT2D eigenvalue weighted by Crippen LogP contribution is 2.11. The normalized spacial score (nSPS) is 10.5. The van der Waals surface area contributed by atoms with Crippen LogP contribution in [-0.2, 0) is 6.42 Å². The Bertz CT molecular complexity index is 554. The molecule has 1 aromatic heterocycles. The first kappa shape index (κ1) is 16.3. The van der Waals surface area contributed by atoms with E-state index in [0.717, 1.165) is 49.8 Å². The number of hydrogen-bond acceptors (Lipinski definition) is 4. The molecule has 4 heteroatoms. The Kier molecular flexibility index (Phi) is 6.68. The van der Waals surface area contributed by atoms with Gasteiger partial charge in [0.05, 0.1) is 0 Å². The van der Waals surface area contributed by atoms with Gasteiger partial charge in [0.2, 0.25) is 0 Å².